The highest BCUT2D eigenvalue weighted by Gasteiger charge is 2.29. The van der Waals surface area contributed by atoms with Gasteiger partial charge >= 0.3 is 0 Å². The minimum absolute atomic E-state index is 0.0203. The molecule has 0 spiro atoms. The van der Waals surface area contributed by atoms with Crippen molar-refractivity contribution >= 4 is 17.5 Å². The molecule has 0 aliphatic carbocycles. The third-order valence-electron chi connectivity index (χ3n) is 3.81. The first-order valence-corrected chi connectivity index (χ1v) is 7.98. The summed E-state index contributed by atoms with van der Waals surface area (Å²) in [5, 5.41) is 4.89. The summed E-state index contributed by atoms with van der Waals surface area (Å²) in [6, 6.07) is 3.81. The second-order valence-electron chi connectivity index (χ2n) is 5.65. The highest BCUT2D eigenvalue weighted by molar-refractivity contribution is 6.31. The molecule has 0 bridgehead atoms. The van der Waals surface area contributed by atoms with Crippen molar-refractivity contribution in [3.05, 3.63) is 47.0 Å². The standard InChI is InChI=1S/C16H19ClN4O2/c1-20-10-13(17)14(19-20)11-21(9-12-4-2-6-18-8-12)16(22)15-5-3-7-23-15/h2,4,6,8,10,15H,3,5,7,9,11H2,1H3. The van der Waals surface area contributed by atoms with E-state index in [1.807, 2.05) is 19.2 Å². The molecule has 0 saturated carbocycles. The van der Waals surface area contributed by atoms with E-state index in [0.29, 0.717) is 30.4 Å². The molecule has 1 fully saturated rings. The van der Waals surface area contributed by atoms with Gasteiger partial charge in [0.05, 0.1) is 11.6 Å². The lowest BCUT2D eigenvalue weighted by Crippen LogP contribution is -2.38. The molecule has 7 heteroatoms. The number of hydrogen-bond donors (Lipinski definition) is 0. The Kier molecular flexibility index (Phi) is 4.93. The van der Waals surface area contributed by atoms with Crippen LogP contribution in [0.4, 0.5) is 0 Å². The first-order valence-electron chi connectivity index (χ1n) is 7.61. The molecule has 1 aliphatic heterocycles. The number of nitrogens with zero attached hydrogens (tertiary/aromatic N) is 4. The summed E-state index contributed by atoms with van der Waals surface area (Å²) < 4.78 is 7.19. The average molecular weight is 335 g/mol. The Morgan fingerprint density at radius 1 is 1.52 bits per heavy atom. The Balaban J connectivity index is 1.80. The molecular weight excluding hydrogens is 316 g/mol. The molecule has 122 valence electrons. The van der Waals surface area contributed by atoms with Crippen molar-refractivity contribution in [2.45, 2.75) is 32.0 Å². The van der Waals surface area contributed by atoms with Crippen molar-refractivity contribution in [1.29, 1.82) is 0 Å². The van der Waals surface area contributed by atoms with E-state index in [4.69, 9.17) is 16.3 Å². The Labute approximate surface area is 140 Å². The summed E-state index contributed by atoms with van der Waals surface area (Å²) in [5.41, 5.74) is 1.65. The summed E-state index contributed by atoms with van der Waals surface area (Å²) in [4.78, 5) is 18.6. The van der Waals surface area contributed by atoms with Crippen molar-refractivity contribution in [3.63, 3.8) is 0 Å². The van der Waals surface area contributed by atoms with Crippen LogP contribution in [0.2, 0.25) is 5.02 Å². The summed E-state index contributed by atoms with van der Waals surface area (Å²) in [5.74, 6) is -0.0203. The Bertz CT molecular complexity index is 668. The van der Waals surface area contributed by atoms with Gasteiger partial charge in [-0.1, -0.05) is 17.7 Å². The molecule has 1 atom stereocenters. The van der Waals surface area contributed by atoms with Crippen LogP contribution in [-0.4, -0.2) is 38.3 Å². The quantitative estimate of drug-likeness (QED) is 0.841. The van der Waals surface area contributed by atoms with Gasteiger partial charge in [-0.25, -0.2) is 0 Å². The van der Waals surface area contributed by atoms with Crippen LogP contribution in [0.25, 0.3) is 0 Å². The normalized spacial score (nSPS) is 17.4. The van der Waals surface area contributed by atoms with E-state index in [1.165, 1.54) is 0 Å². The molecular formula is C16H19ClN4O2. The number of pyridine rings is 1. The van der Waals surface area contributed by atoms with E-state index in [2.05, 4.69) is 10.1 Å². The lowest BCUT2D eigenvalue weighted by molar-refractivity contribution is -0.142. The molecule has 0 N–H and O–H groups in total. The molecule has 2 aromatic heterocycles. The summed E-state index contributed by atoms with van der Waals surface area (Å²) in [6.07, 6.45) is 6.52. The predicted octanol–water partition coefficient (Wildman–Crippen LogP) is 2.18. The number of ether oxygens (including phenoxy) is 1. The van der Waals surface area contributed by atoms with Gasteiger partial charge in [0.15, 0.2) is 0 Å². The third-order valence-corrected chi connectivity index (χ3v) is 4.12. The van der Waals surface area contributed by atoms with Gasteiger partial charge in [-0.15, -0.1) is 0 Å². The van der Waals surface area contributed by atoms with E-state index in [1.54, 1.807) is 28.2 Å². The van der Waals surface area contributed by atoms with Crippen LogP contribution in [0.1, 0.15) is 24.1 Å². The van der Waals surface area contributed by atoms with Crippen LogP contribution in [0.15, 0.2) is 30.7 Å². The summed E-state index contributed by atoms with van der Waals surface area (Å²) in [7, 11) is 1.81. The zero-order valence-corrected chi connectivity index (χ0v) is 13.7. The third kappa shape index (κ3) is 3.89. The second kappa shape index (κ2) is 7.10. The first-order chi connectivity index (χ1) is 11.1. The second-order valence-corrected chi connectivity index (χ2v) is 6.06. The number of halogens is 1. The van der Waals surface area contributed by atoms with Crippen LogP contribution in [0, 0.1) is 0 Å². The van der Waals surface area contributed by atoms with Crippen molar-refractivity contribution in [1.82, 2.24) is 19.7 Å². The number of carbonyl (C=O) groups is 1. The molecule has 23 heavy (non-hydrogen) atoms. The zero-order chi connectivity index (χ0) is 16.2. The molecule has 1 aliphatic rings. The highest BCUT2D eigenvalue weighted by Crippen LogP contribution is 2.21. The SMILES string of the molecule is Cn1cc(Cl)c(CN(Cc2cccnc2)C(=O)C2CCCO2)n1. The van der Waals surface area contributed by atoms with Crippen LogP contribution in [-0.2, 0) is 29.7 Å². The van der Waals surface area contributed by atoms with Gasteiger partial charge in [0, 0.05) is 38.8 Å². The van der Waals surface area contributed by atoms with Crippen molar-refractivity contribution < 1.29 is 9.53 Å². The van der Waals surface area contributed by atoms with Gasteiger partial charge in [-0.2, -0.15) is 5.10 Å². The topological polar surface area (TPSA) is 60.2 Å². The van der Waals surface area contributed by atoms with Gasteiger partial charge in [-0.3, -0.25) is 14.5 Å². The molecule has 3 rings (SSSR count). The summed E-state index contributed by atoms with van der Waals surface area (Å²) >= 11 is 6.19. The smallest absolute Gasteiger partial charge is 0.252 e. The maximum Gasteiger partial charge on any atom is 0.252 e. The highest BCUT2D eigenvalue weighted by atomic mass is 35.5. The fraction of sp³-hybridized carbons (Fsp3) is 0.438. The number of aryl methyl sites for hydroxylation is 1. The number of rotatable bonds is 5. The molecule has 2 aromatic rings. The molecule has 3 heterocycles. The number of carbonyl (C=O) groups excluding carboxylic acids is 1. The van der Waals surface area contributed by atoms with Gasteiger partial charge < -0.3 is 9.64 Å². The monoisotopic (exact) mass is 334 g/mol. The predicted molar refractivity (Wildman–Crippen MR) is 85.7 cm³/mol. The number of amides is 1. The van der Waals surface area contributed by atoms with Gasteiger partial charge in [0.2, 0.25) is 0 Å². The van der Waals surface area contributed by atoms with E-state index in [9.17, 15) is 4.79 Å². The van der Waals surface area contributed by atoms with Crippen LogP contribution >= 0.6 is 11.6 Å². The summed E-state index contributed by atoms with van der Waals surface area (Å²) in [6.45, 7) is 1.45. The molecule has 6 nitrogen and oxygen atoms in total. The van der Waals surface area contributed by atoms with Crippen LogP contribution in [0.5, 0.6) is 0 Å². The fourth-order valence-electron chi connectivity index (χ4n) is 2.69. The van der Waals surface area contributed by atoms with Crippen LogP contribution in [0.3, 0.4) is 0 Å². The lowest BCUT2D eigenvalue weighted by Gasteiger charge is -2.24. The Morgan fingerprint density at radius 3 is 3.00 bits per heavy atom. The molecule has 0 aromatic carbocycles. The molecule has 1 saturated heterocycles. The fourth-order valence-corrected chi connectivity index (χ4v) is 2.93. The molecule has 1 amide bonds. The molecule has 0 radical (unpaired) electrons. The molecule has 1 unspecified atom stereocenters. The van der Waals surface area contributed by atoms with E-state index >= 15 is 0 Å². The largest absolute Gasteiger partial charge is 0.368 e. The van der Waals surface area contributed by atoms with Crippen molar-refractivity contribution in [3.8, 4) is 0 Å². The van der Waals surface area contributed by atoms with E-state index in [0.717, 1.165) is 18.4 Å². The van der Waals surface area contributed by atoms with Crippen molar-refractivity contribution in [2.24, 2.45) is 7.05 Å². The van der Waals surface area contributed by atoms with Gasteiger partial charge in [0.1, 0.15) is 11.8 Å². The van der Waals surface area contributed by atoms with Crippen LogP contribution < -0.4 is 0 Å². The van der Waals surface area contributed by atoms with Gasteiger partial charge in [0.25, 0.3) is 5.91 Å². The van der Waals surface area contributed by atoms with Crippen molar-refractivity contribution in [2.75, 3.05) is 6.61 Å². The Morgan fingerprint density at radius 2 is 2.39 bits per heavy atom. The van der Waals surface area contributed by atoms with Gasteiger partial charge in [-0.05, 0) is 24.5 Å². The van der Waals surface area contributed by atoms with E-state index < -0.39 is 0 Å². The minimum atomic E-state index is -0.367. The Hall–Kier alpha value is -1.92. The first kappa shape index (κ1) is 16.0. The lowest BCUT2D eigenvalue weighted by atomic mass is 10.2. The maximum atomic E-state index is 12.8. The minimum Gasteiger partial charge on any atom is -0.368 e. The number of aromatic nitrogens is 3. The maximum absolute atomic E-state index is 12.8. The zero-order valence-electron chi connectivity index (χ0n) is 13.0. The van der Waals surface area contributed by atoms with E-state index in [-0.39, 0.29) is 12.0 Å². The number of hydrogen-bond acceptors (Lipinski definition) is 4. The average Bonchev–Trinajstić information content (AvgIpc) is 3.17.